The van der Waals surface area contributed by atoms with Gasteiger partial charge in [0.25, 0.3) is 0 Å². The Kier molecular flexibility index (Phi) is 7.99. The van der Waals surface area contributed by atoms with Crippen LogP contribution in [0.2, 0.25) is 0 Å². The molecule has 3 rings (SSSR count). The van der Waals surface area contributed by atoms with Gasteiger partial charge in [-0.3, -0.25) is 14.5 Å². The Balaban J connectivity index is 1.41. The van der Waals surface area contributed by atoms with Gasteiger partial charge in [0.15, 0.2) is 0 Å². The summed E-state index contributed by atoms with van der Waals surface area (Å²) in [5, 5.41) is 5.96. The number of hydrogen-bond donors (Lipinski definition) is 2. The van der Waals surface area contributed by atoms with Crippen LogP contribution in [0.1, 0.15) is 43.9 Å². The summed E-state index contributed by atoms with van der Waals surface area (Å²) in [6.07, 6.45) is 4.15. The summed E-state index contributed by atoms with van der Waals surface area (Å²) < 4.78 is 0.874. The highest BCUT2D eigenvalue weighted by Crippen LogP contribution is 2.20. The van der Waals surface area contributed by atoms with E-state index in [1.165, 1.54) is 5.56 Å². The first-order chi connectivity index (χ1) is 14.4. The van der Waals surface area contributed by atoms with Crippen molar-refractivity contribution in [2.75, 3.05) is 25.0 Å². The van der Waals surface area contributed by atoms with E-state index >= 15 is 0 Å². The Morgan fingerprint density at radius 1 is 1.17 bits per heavy atom. The molecule has 0 aliphatic carbocycles. The summed E-state index contributed by atoms with van der Waals surface area (Å²) in [6, 6.07) is 12.0. The van der Waals surface area contributed by atoms with E-state index in [0.717, 1.165) is 42.4 Å². The molecule has 1 fully saturated rings. The summed E-state index contributed by atoms with van der Waals surface area (Å²) in [6.45, 7) is 5.97. The Morgan fingerprint density at radius 2 is 1.87 bits per heavy atom. The second kappa shape index (κ2) is 10.7. The Morgan fingerprint density at radius 3 is 2.47 bits per heavy atom. The smallest absolute Gasteiger partial charge is 0.234 e. The lowest BCUT2D eigenvalue weighted by Gasteiger charge is -2.31. The van der Waals surface area contributed by atoms with Crippen LogP contribution in [0, 0.1) is 5.92 Å². The zero-order chi connectivity index (χ0) is 21.5. The molecule has 1 aliphatic rings. The lowest BCUT2D eigenvalue weighted by Crippen LogP contribution is -2.43. The van der Waals surface area contributed by atoms with Crippen LogP contribution < -0.4 is 10.6 Å². The van der Waals surface area contributed by atoms with Crippen LogP contribution in [-0.2, 0) is 16.0 Å². The highest BCUT2D eigenvalue weighted by atomic mass is 79.9. The number of pyridine rings is 1. The average Bonchev–Trinajstić information content (AvgIpc) is 2.75. The standard InChI is InChI=1S/C23H29BrN4O2/c1-3-17-4-6-18(7-5-17)16(2)26-22(29)15-28-12-10-19(11-13-28)23(30)27-21-9-8-20(24)14-25-21/h4-9,14,16,19H,3,10-13,15H2,1-2H3,(H,26,29)(H,25,27,30). The van der Waals surface area contributed by atoms with Gasteiger partial charge in [-0.25, -0.2) is 4.98 Å². The van der Waals surface area contributed by atoms with Gasteiger partial charge in [0.05, 0.1) is 12.6 Å². The molecule has 1 unspecified atom stereocenters. The number of anilines is 1. The summed E-state index contributed by atoms with van der Waals surface area (Å²) in [5.41, 5.74) is 2.40. The number of nitrogens with one attached hydrogen (secondary N) is 2. The van der Waals surface area contributed by atoms with E-state index in [1.54, 1.807) is 12.3 Å². The molecule has 2 aromatic rings. The Hall–Kier alpha value is -2.25. The van der Waals surface area contributed by atoms with Crippen molar-refractivity contribution in [2.45, 2.75) is 39.2 Å². The molecule has 0 bridgehead atoms. The largest absolute Gasteiger partial charge is 0.348 e. The molecular weight excluding hydrogens is 444 g/mol. The maximum absolute atomic E-state index is 12.5. The molecule has 1 atom stereocenters. The molecule has 1 aliphatic heterocycles. The number of benzene rings is 1. The predicted octanol–water partition coefficient (Wildman–Crippen LogP) is 3.93. The number of nitrogens with zero attached hydrogens (tertiary/aromatic N) is 2. The quantitative estimate of drug-likeness (QED) is 0.639. The fourth-order valence-electron chi connectivity index (χ4n) is 3.65. The molecule has 2 amide bonds. The summed E-state index contributed by atoms with van der Waals surface area (Å²) in [7, 11) is 0. The normalized spacial score (nSPS) is 16.1. The van der Waals surface area contributed by atoms with Gasteiger partial charge in [0.1, 0.15) is 5.82 Å². The van der Waals surface area contributed by atoms with Crippen LogP contribution >= 0.6 is 15.9 Å². The van der Waals surface area contributed by atoms with E-state index in [0.29, 0.717) is 12.4 Å². The SMILES string of the molecule is CCc1ccc(C(C)NC(=O)CN2CCC(C(=O)Nc3ccc(Br)cn3)CC2)cc1. The number of rotatable bonds is 7. The maximum atomic E-state index is 12.5. The third kappa shape index (κ3) is 6.37. The van der Waals surface area contributed by atoms with Crippen molar-refractivity contribution in [3.8, 4) is 0 Å². The maximum Gasteiger partial charge on any atom is 0.234 e. The second-order valence-electron chi connectivity index (χ2n) is 7.79. The van der Waals surface area contributed by atoms with Crippen molar-refractivity contribution >= 4 is 33.6 Å². The number of halogens is 1. The van der Waals surface area contributed by atoms with Gasteiger partial charge >= 0.3 is 0 Å². The van der Waals surface area contributed by atoms with Crippen molar-refractivity contribution in [2.24, 2.45) is 5.92 Å². The number of hydrogen-bond acceptors (Lipinski definition) is 4. The molecule has 2 N–H and O–H groups in total. The van der Waals surface area contributed by atoms with Crippen molar-refractivity contribution in [3.05, 3.63) is 58.2 Å². The number of likely N-dealkylation sites (tertiary alicyclic amines) is 1. The van der Waals surface area contributed by atoms with E-state index in [9.17, 15) is 9.59 Å². The number of aromatic nitrogens is 1. The van der Waals surface area contributed by atoms with Crippen LogP contribution in [0.5, 0.6) is 0 Å². The van der Waals surface area contributed by atoms with Crippen molar-refractivity contribution < 1.29 is 9.59 Å². The first kappa shape index (κ1) is 22.4. The molecule has 6 nitrogen and oxygen atoms in total. The molecule has 0 saturated carbocycles. The first-order valence-corrected chi connectivity index (χ1v) is 11.3. The molecule has 1 aromatic heterocycles. The van der Waals surface area contributed by atoms with E-state index in [2.05, 4.69) is 67.6 Å². The Bertz CT molecular complexity index is 847. The van der Waals surface area contributed by atoms with Gasteiger partial charge in [-0.1, -0.05) is 31.2 Å². The molecule has 160 valence electrons. The summed E-state index contributed by atoms with van der Waals surface area (Å²) >= 11 is 3.33. The van der Waals surface area contributed by atoms with Gasteiger partial charge in [-0.05, 0) is 78.5 Å². The third-order valence-electron chi connectivity index (χ3n) is 5.57. The molecule has 0 radical (unpaired) electrons. The zero-order valence-electron chi connectivity index (χ0n) is 17.5. The number of carbonyl (C=O) groups excluding carboxylic acids is 2. The lowest BCUT2D eigenvalue weighted by molar-refractivity contribution is -0.124. The minimum absolute atomic E-state index is 0.00178. The zero-order valence-corrected chi connectivity index (χ0v) is 19.1. The minimum Gasteiger partial charge on any atom is -0.348 e. The van der Waals surface area contributed by atoms with Gasteiger partial charge in [0, 0.05) is 16.6 Å². The molecular formula is C23H29BrN4O2. The molecule has 0 spiro atoms. The first-order valence-electron chi connectivity index (χ1n) is 10.5. The van der Waals surface area contributed by atoms with E-state index in [4.69, 9.17) is 0 Å². The summed E-state index contributed by atoms with van der Waals surface area (Å²) in [5.74, 6) is 0.527. The molecule has 30 heavy (non-hydrogen) atoms. The van der Waals surface area contributed by atoms with Crippen LogP contribution in [0.15, 0.2) is 47.1 Å². The van der Waals surface area contributed by atoms with Gasteiger partial charge in [-0.2, -0.15) is 0 Å². The van der Waals surface area contributed by atoms with Crippen LogP contribution in [0.3, 0.4) is 0 Å². The molecule has 1 aromatic carbocycles. The van der Waals surface area contributed by atoms with Crippen molar-refractivity contribution in [3.63, 3.8) is 0 Å². The number of amides is 2. The van der Waals surface area contributed by atoms with Gasteiger partial charge in [-0.15, -0.1) is 0 Å². The summed E-state index contributed by atoms with van der Waals surface area (Å²) in [4.78, 5) is 31.2. The fourth-order valence-corrected chi connectivity index (χ4v) is 3.88. The monoisotopic (exact) mass is 472 g/mol. The number of aryl methyl sites for hydroxylation is 1. The van der Waals surface area contributed by atoms with Crippen LogP contribution in [0.25, 0.3) is 0 Å². The number of carbonyl (C=O) groups is 2. The highest BCUT2D eigenvalue weighted by Gasteiger charge is 2.26. The minimum atomic E-state index is -0.0502. The van der Waals surface area contributed by atoms with Crippen LogP contribution in [-0.4, -0.2) is 41.3 Å². The van der Waals surface area contributed by atoms with E-state index in [1.807, 2.05) is 13.0 Å². The highest BCUT2D eigenvalue weighted by molar-refractivity contribution is 9.10. The predicted molar refractivity (Wildman–Crippen MR) is 122 cm³/mol. The van der Waals surface area contributed by atoms with E-state index in [-0.39, 0.29) is 23.8 Å². The van der Waals surface area contributed by atoms with Gasteiger partial charge < -0.3 is 10.6 Å². The Labute approximate surface area is 186 Å². The molecule has 2 heterocycles. The molecule has 7 heteroatoms. The van der Waals surface area contributed by atoms with E-state index < -0.39 is 0 Å². The second-order valence-corrected chi connectivity index (χ2v) is 8.70. The van der Waals surface area contributed by atoms with Crippen LogP contribution in [0.4, 0.5) is 5.82 Å². The van der Waals surface area contributed by atoms with Crippen molar-refractivity contribution in [1.82, 2.24) is 15.2 Å². The van der Waals surface area contributed by atoms with Gasteiger partial charge in [0.2, 0.25) is 11.8 Å². The number of piperidine rings is 1. The average molecular weight is 473 g/mol. The van der Waals surface area contributed by atoms with Crippen molar-refractivity contribution in [1.29, 1.82) is 0 Å². The lowest BCUT2D eigenvalue weighted by atomic mass is 9.96. The molecule has 1 saturated heterocycles. The topological polar surface area (TPSA) is 74.3 Å². The fraction of sp³-hybridized carbons (Fsp3) is 0.435. The third-order valence-corrected chi connectivity index (χ3v) is 6.04.